The molecule has 1 N–H and O–H groups in total. The molecule has 0 amide bonds. The maximum absolute atomic E-state index is 12.4. The molecule has 0 saturated carbocycles. The summed E-state index contributed by atoms with van der Waals surface area (Å²) < 4.78 is 5.34. The van der Waals surface area contributed by atoms with Crippen molar-refractivity contribution < 1.29 is 14.6 Å². The Balaban J connectivity index is 2.09. The van der Waals surface area contributed by atoms with Gasteiger partial charge < -0.3 is 9.84 Å². The van der Waals surface area contributed by atoms with Gasteiger partial charge in [-0.15, -0.1) is 0 Å². The van der Waals surface area contributed by atoms with E-state index < -0.39 is 5.97 Å². The molecule has 0 fully saturated rings. The highest BCUT2D eigenvalue weighted by molar-refractivity contribution is 6.30. The molecule has 3 rings (SSSR count). The van der Waals surface area contributed by atoms with E-state index in [4.69, 9.17) is 16.3 Å². The van der Waals surface area contributed by atoms with Crippen LogP contribution in [0.5, 0.6) is 5.75 Å². The van der Waals surface area contributed by atoms with Crippen LogP contribution in [-0.2, 0) is 20.4 Å². The lowest BCUT2D eigenvalue weighted by atomic mass is 9.78. The van der Waals surface area contributed by atoms with Crippen LogP contribution in [0.4, 0.5) is 0 Å². The summed E-state index contributed by atoms with van der Waals surface area (Å²) in [6, 6.07) is 10.8. The van der Waals surface area contributed by atoms with Gasteiger partial charge in [0.05, 0.1) is 0 Å². The highest BCUT2D eigenvalue weighted by atomic mass is 35.5. The van der Waals surface area contributed by atoms with Crippen molar-refractivity contribution in [1.82, 2.24) is 0 Å². The summed E-state index contributed by atoms with van der Waals surface area (Å²) in [4.78, 5) is 16.8. The minimum absolute atomic E-state index is 0.223. The molecule has 2 aromatic carbocycles. The van der Waals surface area contributed by atoms with E-state index in [0.717, 1.165) is 16.7 Å². The van der Waals surface area contributed by atoms with Crippen molar-refractivity contribution in [2.75, 3.05) is 0 Å². The largest absolute Gasteiger partial charge is 0.507 e. The number of ether oxygens (including phenoxy) is 1. The van der Waals surface area contributed by atoms with E-state index in [-0.39, 0.29) is 22.4 Å². The van der Waals surface area contributed by atoms with E-state index >= 15 is 0 Å². The normalized spacial score (nSPS) is 16.2. The van der Waals surface area contributed by atoms with Crippen molar-refractivity contribution in [3.8, 4) is 5.75 Å². The van der Waals surface area contributed by atoms with Crippen LogP contribution in [0.15, 0.2) is 47.1 Å². The van der Waals surface area contributed by atoms with E-state index in [1.54, 1.807) is 30.3 Å². The van der Waals surface area contributed by atoms with E-state index in [0.29, 0.717) is 16.3 Å². The Morgan fingerprint density at radius 3 is 1.97 bits per heavy atom. The Kier molecular flexibility index (Phi) is 5.35. The number of phenols is 1. The van der Waals surface area contributed by atoms with E-state index in [1.165, 1.54) is 0 Å². The van der Waals surface area contributed by atoms with Crippen molar-refractivity contribution in [3.63, 3.8) is 0 Å². The molecule has 4 nitrogen and oxygen atoms in total. The average molecular weight is 412 g/mol. The molecular weight excluding hydrogens is 386 g/mol. The van der Waals surface area contributed by atoms with Crippen molar-refractivity contribution in [1.29, 1.82) is 0 Å². The quantitative estimate of drug-likeness (QED) is 0.488. The van der Waals surface area contributed by atoms with E-state index in [9.17, 15) is 9.90 Å². The number of aliphatic imine (C=N–C) groups is 1. The molecule has 0 radical (unpaired) electrons. The number of hydrogen-bond acceptors (Lipinski definition) is 4. The Morgan fingerprint density at radius 1 is 0.966 bits per heavy atom. The van der Waals surface area contributed by atoms with Gasteiger partial charge in [-0.1, -0.05) is 53.1 Å². The van der Waals surface area contributed by atoms with Crippen LogP contribution in [0.1, 0.15) is 63.8 Å². The van der Waals surface area contributed by atoms with Crippen LogP contribution in [0.25, 0.3) is 6.08 Å². The lowest BCUT2D eigenvalue weighted by Crippen LogP contribution is -2.17. The van der Waals surface area contributed by atoms with Gasteiger partial charge >= 0.3 is 5.97 Å². The minimum Gasteiger partial charge on any atom is -0.507 e. The summed E-state index contributed by atoms with van der Waals surface area (Å²) in [6.07, 6.45) is 1.70. The van der Waals surface area contributed by atoms with Crippen LogP contribution in [0.3, 0.4) is 0 Å². The highest BCUT2D eigenvalue weighted by Gasteiger charge is 2.28. The fourth-order valence-corrected chi connectivity index (χ4v) is 3.29. The Hall–Kier alpha value is -2.59. The monoisotopic (exact) mass is 411 g/mol. The molecule has 0 bridgehead atoms. The molecule has 1 heterocycles. The SMILES string of the molecule is CC(C)(C)c1cc(/C=C2\N=C(c3ccc(Cl)cc3)OC2=O)cc(C(C)(C)C)c1O. The zero-order valence-electron chi connectivity index (χ0n) is 17.6. The number of halogens is 1. The van der Waals surface area contributed by atoms with Crippen LogP contribution in [0, 0.1) is 0 Å². The van der Waals surface area contributed by atoms with Gasteiger partial charge in [0.2, 0.25) is 5.90 Å². The zero-order chi connectivity index (χ0) is 21.6. The number of nitrogens with zero attached hydrogens (tertiary/aromatic N) is 1. The topological polar surface area (TPSA) is 58.9 Å². The third-order valence-electron chi connectivity index (χ3n) is 4.76. The molecule has 2 aromatic rings. The summed E-state index contributed by atoms with van der Waals surface area (Å²) in [7, 11) is 0. The first kappa shape index (κ1) is 21.1. The number of aromatic hydroxyl groups is 1. The standard InChI is InChI=1S/C24H26ClNO3/c1-23(2,3)17-11-14(12-18(20(17)27)24(4,5)6)13-19-22(28)29-21(26-19)15-7-9-16(25)10-8-15/h7-13,27H,1-6H3/b19-13-. The predicted octanol–water partition coefficient (Wildman–Crippen LogP) is 5.99. The Bertz CT molecular complexity index is 985. The third kappa shape index (κ3) is 4.54. The molecule has 152 valence electrons. The number of hydrogen-bond donors (Lipinski definition) is 1. The van der Waals surface area contributed by atoms with Crippen molar-refractivity contribution in [3.05, 3.63) is 69.4 Å². The van der Waals surface area contributed by atoms with Crippen molar-refractivity contribution in [2.24, 2.45) is 4.99 Å². The Labute approximate surface area is 176 Å². The molecule has 0 aliphatic carbocycles. The lowest BCUT2D eigenvalue weighted by Gasteiger charge is -2.27. The predicted molar refractivity (Wildman–Crippen MR) is 118 cm³/mol. The van der Waals surface area contributed by atoms with Gasteiger partial charge in [0.1, 0.15) is 5.75 Å². The van der Waals surface area contributed by atoms with Gasteiger partial charge in [-0.2, -0.15) is 0 Å². The smallest absolute Gasteiger partial charge is 0.363 e. The van der Waals surface area contributed by atoms with Gasteiger partial charge in [-0.3, -0.25) is 0 Å². The molecule has 1 aliphatic heterocycles. The number of cyclic esters (lactones) is 1. The van der Waals surface area contributed by atoms with Crippen LogP contribution in [-0.4, -0.2) is 17.0 Å². The Morgan fingerprint density at radius 2 is 1.48 bits per heavy atom. The summed E-state index contributed by atoms with van der Waals surface area (Å²) in [5, 5.41) is 11.5. The third-order valence-corrected chi connectivity index (χ3v) is 5.02. The summed E-state index contributed by atoms with van der Waals surface area (Å²) in [6.45, 7) is 12.3. The van der Waals surface area contributed by atoms with Crippen molar-refractivity contribution in [2.45, 2.75) is 52.4 Å². The molecule has 0 unspecified atom stereocenters. The number of esters is 1. The second kappa shape index (κ2) is 7.34. The first-order valence-electron chi connectivity index (χ1n) is 9.53. The summed E-state index contributed by atoms with van der Waals surface area (Å²) >= 11 is 5.92. The number of rotatable bonds is 2. The maximum Gasteiger partial charge on any atom is 0.363 e. The number of carbonyl (C=O) groups is 1. The molecule has 0 saturated heterocycles. The second-order valence-corrected chi connectivity index (χ2v) is 9.74. The molecule has 1 aliphatic rings. The van der Waals surface area contributed by atoms with E-state index in [1.807, 2.05) is 53.7 Å². The van der Waals surface area contributed by atoms with Gasteiger partial charge in [-0.25, -0.2) is 9.79 Å². The first-order chi connectivity index (χ1) is 13.4. The van der Waals surface area contributed by atoms with Crippen LogP contribution in [0.2, 0.25) is 5.02 Å². The highest BCUT2D eigenvalue weighted by Crippen LogP contribution is 2.40. The first-order valence-corrected chi connectivity index (χ1v) is 9.90. The van der Waals surface area contributed by atoms with Gasteiger partial charge in [0.25, 0.3) is 0 Å². The van der Waals surface area contributed by atoms with Crippen molar-refractivity contribution >= 4 is 29.5 Å². The number of phenolic OH excluding ortho intramolecular Hbond substituents is 1. The molecule has 0 aromatic heterocycles. The fraction of sp³-hybridized carbons (Fsp3) is 0.333. The van der Waals surface area contributed by atoms with Crippen LogP contribution >= 0.6 is 11.6 Å². The second-order valence-electron chi connectivity index (χ2n) is 9.31. The molecular formula is C24H26ClNO3. The molecule has 0 atom stereocenters. The number of benzene rings is 2. The molecule has 29 heavy (non-hydrogen) atoms. The van der Waals surface area contributed by atoms with Gasteiger partial charge in [0.15, 0.2) is 5.70 Å². The molecule has 0 spiro atoms. The molecule has 5 heteroatoms. The minimum atomic E-state index is -0.502. The fourth-order valence-electron chi connectivity index (χ4n) is 3.17. The number of carbonyl (C=O) groups excluding carboxylic acids is 1. The summed E-state index contributed by atoms with van der Waals surface area (Å²) in [5.41, 5.74) is 2.84. The average Bonchev–Trinajstić information content (AvgIpc) is 2.95. The van der Waals surface area contributed by atoms with Crippen LogP contribution < -0.4 is 0 Å². The zero-order valence-corrected chi connectivity index (χ0v) is 18.4. The van der Waals surface area contributed by atoms with E-state index in [2.05, 4.69) is 4.99 Å². The van der Waals surface area contributed by atoms with Gasteiger partial charge in [0, 0.05) is 21.7 Å². The maximum atomic E-state index is 12.4. The summed E-state index contributed by atoms with van der Waals surface area (Å²) in [5.74, 6) is 0.0490. The lowest BCUT2D eigenvalue weighted by molar-refractivity contribution is -0.129. The van der Waals surface area contributed by atoms with Gasteiger partial charge in [-0.05, 0) is 58.9 Å².